The second-order valence-corrected chi connectivity index (χ2v) is 2.07. The number of urea groups is 1. The standard InChI is InChI=1S/C5H9N3O2/c9-3-8-4-1-6-5(10)7-2-4/h3-4H,1-2H2,(H,8,9)(H2,6,7,10). The van der Waals surface area contributed by atoms with Gasteiger partial charge in [0.15, 0.2) is 0 Å². The lowest BCUT2D eigenvalue weighted by Gasteiger charge is -2.22. The monoisotopic (exact) mass is 143 g/mol. The van der Waals surface area contributed by atoms with E-state index in [4.69, 9.17) is 0 Å². The molecule has 5 nitrogen and oxygen atoms in total. The highest BCUT2D eigenvalue weighted by Gasteiger charge is 2.14. The van der Waals surface area contributed by atoms with Crippen LogP contribution in [0.4, 0.5) is 4.79 Å². The van der Waals surface area contributed by atoms with E-state index in [1.807, 2.05) is 0 Å². The molecule has 1 heterocycles. The number of hydrogen-bond donors (Lipinski definition) is 3. The zero-order valence-electron chi connectivity index (χ0n) is 5.39. The summed E-state index contributed by atoms with van der Waals surface area (Å²) in [5.74, 6) is 0. The predicted molar refractivity (Wildman–Crippen MR) is 34.4 cm³/mol. The first-order chi connectivity index (χ1) is 4.83. The lowest BCUT2D eigenvalue weighted by atomic mass is 10.2. The van der Waals surface area contributed by atoms with Crippen LogP contribution in [0, 0.1) is 0 Å². The maximum atomic E-state index is 10.5. The maximum absolute atomic E-state index is 10.5. The van der Waals surface area contributed by atoms with E-state index in [0.717, 1.165) is 0 Å². The van der Waals surface area contributed by atoms with Crippen LogP contribution in [0.3, 0.4) is 0 Å². The summed E-state index contributed by atoms with van der Waals surface area (Å²) < 4.78 is 0. The summed E-state index contributed by atoms with van der Waals surface area (Å²) in [7, 11) is 0. The van der Waals surface area contributed by atoms with Gasteiger partial charge in [-0.25, -0.2) is 4.79 Å². The summed E-state index contributed by atoms with van der Waals surface area (Å²) in [6, 6.07) is -0.154. The summed E-state index contributed by atoms with van der Waals surface area (Å²) in [6.07, 6.45) is 0.629. The molecular formula is C5H9N3O2. The molecule has 0 unspecified atom stereocenters. The van der Waals surface area contributed by atoms with E-state index < -0.39 is 0 Å². The molecule has 10 heavy (non-hydrogen) atoms. The number of nitrogens with one attached hydrogen (secondary N) is 3. The zero-order valence-corrected chi connectivity index (χ0v) is 5.39. The maximum Gasteiger partial charge on any atom is 0.314 e. The quantitative estimate of drug-likeness (QED) is 0.408. The van der Waals surface area contributed by atoms with Gasteiger partial charge in [-0.3, -0.25) is 4.79 Å². The third kappa shape index (κ3) is 1.61. The average Bonchev–Trinajstić information content (AvgIpc) is 1.95. The first-order valence-electron chi connectivity index (χ1n) is 3.04. The molecule has 1 aliphatic rings. The molecule has 0 radical (unpaired) electrons. The molecule has 1 rings (SSSR count). The first kappa shape index (κ1) is 6.85. The molecular weight excluding hydrogens is 134 g/mol. The van der Waals surface area contributed by atoms with Gasteiger partial charge in [-0.2, -0.15) is 0 Å². The Morgan fingerprint density at radius 1 is 1.50 bits per heavy atom. The normalized spacial score (nSPS) is 19.0. The van der Waals surface area contributed by atoms with E-state index in [0.29, 0.717) is 19.5 Å². The van der Waals surface area contributed by atoms with Gasteiger partial charge in [0.25, 0.3) is 0 Å². The molecule has 3 N–H and O–H groups in total. The van der Waals surface area contributed by atoms with Crippen LogP contribution < -0.4 is 16.0 Å². The van der Waals surface area contributed by atoms with Gasteiger partial charge in [-0.15, -0.1) is 0 Å². The third-order valence-corrected chi connectivity index (χ3v) is 1.32. The Morgan fingerprint density at radius 3 is 2.60 bits per heavy atom. The van der Waals surface area contributed by atoms with E-state index in [2.05, 4.69) is 16.0 Å². The van der Waals surface area contributed by atoms with Gasteiger partial charge in [0.1, 0.15) is 0 Å². The van der Waals surface area contributed by atoms with Gasteiger partial charge in [0, 0.05) is 13.1 Å². The third-order valence-electron chi connectivity index (χ3n) is 1.32. The Balaban J connectivity index is 2.25. The topological polar surface area (TPSA) is 70.2 Å². The summed E-state index contributed by atoms with van der Waals surface area (Å²) in [4.78, 5) is 20.4. The summed E-state index contributed by atoms with van der Waals surface area (Å²) >= 11 is 0. The van der Waals surface area contributed by atoms with E-state index in [9.17, 15) is 9.59 Å². The SMILES string of the molecule is O=CNC1CNC(=O)NC1. The van der Waals surface area contributed by atoms with Gasteiger partial charge >= 0.3 is 6.03 Å². The van der Waals surface area contributed by atoms with Crippen molar-refractivity contribution in [3.8, 4) is 0 Å². The summed E-state index contributed by atoms with van der Waals surface area (Å²) in [5.41, 5.74) is 0. The molecule has 1 saturated heterocycles. The van der Waals surface area contributed by atoms with Crippen LogP contribution >= 0.6 is 0 Å². The van der Waals surface area contributed by atoms with Crippen molar-refractivity contribution in [3.05, 3.63) is 0 Å². The number of amides is 3. The summed E-state index contributed by atoms with van der Waals surface area (Å²) in [5, 5.41) is 7.64. The fraction of sp³-hybridized carbons (Fsp3) is 0.600. The predicted octanol–water partition coefficient (Wildman–Crippen LogP) is -1.59. The fourth-order valence-electron chi connectivity index (χ4n) is 0.781. The molecule has 1 fully saturated rings. The Hall–Kier alpha value is -1.26. The number of hydrogen-bond acceptors (Lipinski definition) is 2. The van der Waals surface area contributed by atoms with Crippen LogP contribution in [-0.4, -0.2) is 31.6 Å². The Bertz CT molecular complexity index is 138. The van der Waals surface area contributed by atoms with Crippen molar-refractivity contribution >= 4 is 12.4 Å². The molecule has 3 amide bonds. The van der Waals surface area contributed by atoms with Gasteiger partial charge in [0.2, 0.25) is 6.41 Å². The van der Waals surface area contributed by atoms with Crippen molar-refractivity contribution in [3.63, 3.8) is 0 Å². The molecule has 0 atom stereocenters. The van der Waals surface area contributed by atoms with Gasteiger partial charge in [0.05, 0.1) is 6.04 Å². The molecule has 0 aromatic rings. The minimum Gasteiger partial charge on any atom is -0.352 e. The number of carbonyl (C=O) groups is 2. The van der Waals surface area contributed by atoms with Gasteiger partial charge in [-0.1, -0.05) is 0 Å². The van der Waals surface area contributed by atoms with Crippen LogP contribution in [0.5, 0.6) is 0 Å². The Labute approximate surface area is 58.2 Å². The second-order valence-electron chi connectivity index (χ2n) is 2.07. The van der Waals surface area contributed by atoms with Crippen molar-refractivity contribution in [1.29, 1.82) is 0 Å². The highest BCUT2D eigenvalue weighted by Crippen LogP contribution is 1.83. The van der Waals surface area contributed by atoms with Crippen LogP contribution in [-0.2, 0) is 4.79 Å². The second kappa shape index (κ2) is 3.05. The van der Waals surface area contributed by atoms with Crippen molar-refractivity contribution in [2.24, 2.45) is 0 Å². The van der Waals surface area contributed by atoms with Crippen molar-refractivity contribution in [2.45, 2.75) is 6.04 Å². The van der Waals surface area contributed by atoms with E-state index in [-0.39, 0.29) is 12.1 Å². The minimum atomic E-state index is -0.177. The molecule has 56 valence electrons. The highest BCUT2D eigenvalue weighted by molar-refractivity contribution is 5.74. The molecule has 5 heteroatoms. The molecule has 0 saturated carbocycles. The molecule has 0 aromatic heterocycles. The zero-order chi connectivity index (χ0) is 7.40. The number of carbonyl (C=O) groups excluding carboxylic acids is 2. The fourth-order valence-corrected chi connectivity index (χ4v) is 0.781. The van der Waals surface area contributed by atoms with Crippen LogP contribution in [0.15, 0.2) is 0 Å². The van der Waals surface area contributed by atoms with E-state index in [1.165, 1.54) is 0 Å². The molecule has 0 bridgehead atoms. The average molecular weight is 143 g/mol. The van der Waals surface area contributed by atoms with Gasteiger partial charge in [-0.05, 0) is 0 Å². The Morgan fingerprint density at radius 2 is 2.10 bits per heavy atom. The molecule has 0 aliphatic carbocycles. The van der Waals surface area contributed by atoms with Crippen molar-refractivity contribution in [2.75, 3.05) is 13.1 Å². The first-order valence-corrected chi connectivity index (χ1v) is 3.04. The van der Waals surface area contributed by atoms with Gasteiger partial charge < -0.3 is 16.0 Å². The van der Waals surface area contributed by atoms with Crippen molar-refractivity contribution in [1.82, 2.24) is 16.0 Å². The smallest absolute Gasteiger partial charge is 0.314 e. The Kier molecular flexibility index (Phi) is 2.09. The number of rotatable bonds is 2. The van der Waals surface area contributed by atoms with Crippen LogP contribution in [0.1, 0.15) is 0 Å². The highest BCUT2D eigenvalue weighted by atomic mass is 16.2. The lowest BCUT2D eigenvalue weighted by molar-refractivity contribution is -0.110. The van der Waals surface area contributed by atoms with Crippen LogP contribution in [0.2, 0.25) is 0 Å². The molecule has 0 spiro atoms. The van der Waals surface area contributed by atoms with Crippen LogP contribution in [0.25, 0.3) is 0 Å². The van der Waals surface area contributed by atoms with E-state index in [1.54, 1.807) is 0 Å². The summed E-state index contributed by atoms with van der Waals surface area (Å²) in [6.45, 7) is 1.01. The minimum absolute atomic E-state index is 0.0233. The van der Waals surface area contributed by atoms with E-state index >= 15 is 0 Å². The molecule has 1 aliphatic heterocycles. The lowest BCUT2D eigenvalue weighted by Crippen LogP contribution is -2.55. The largest absolute Gasteiger partial charge is 0.352 e. The van der Waals surface area contributed by atoms with Crippen molar-refractivity contribution < 1.29 is 9.59 Å². The molecule has 0 aromatic carbocycles.